The first-order chi connectivity index (χ1) is 9.54. The summed E-state index contributed by atoms with van der Waals surface area (Å²) in [7, 11) is 1.53. The van der Waals surface area contributed by atoms with Gasteiger partial charge >= 0.3 is 5.97 Å². The van der Waals surface area contributed by atoms with Crippen LogP contribution in [0.5, 0.6) is 5.75 Å². The Bertz CT molecular complexity index is 503. The zero-order chi connectivity index (χ0) is 14.7. The highest BCUT2D eigenvalue weighted by Gasteiger charge is 2.23. The number of nitrogens with zero attached hydrogens (tertiary/aromatic N) is 1. The summed E-state index contributed by atoms with van der Waals surface area (Å²) in [5.74, 6) is -0.573. The second-order valence-electron chi connectivity index (χ2n) is 4.46. The normalized spacial score (nSPS) is 16.9. The molecule has 0 amide bonds. The van der Waals surface area contributed by atoms with Crippen LogP contribution in [-0.4, -0.2) is 44.5 Å². The third kappa shape index (κ3) is 2.98. The zero-order valence-corrected chi connectivity index (χ0v) is 11.9. The molecule has 1 atom stereocenters. The molecule has 1 aliphatic rings. The van der Waals surface area contributed by atoms with E-state index >= 15 is 0 Å². The molecule has 0 unspecified atom stereocenters. The number of carboxylic acids is 1. The van der Waals surface area contributed by atoms with E-state index in [4.69, 9.17) is 31.9 Å². The van der Waals surface area contributed by atoms with E-state index in [0.29, 0.717) is 29.5 Å². The van der Waals surface area contributed by atoms with Crippen LogP contribution in [0.15, 0.2) is 12.1 Å². The van der Waals surface area contributed by atoms with E-state index in [1.807, 2.05) is 0 Å². The summed E-state index contributed by atoms with van der Waals surface area (Å²) in [5, 5.41) is 9.31. The van der Waals surface area contributed by atoms with Gasteiger partial charge in [-0.3, -0.25) is 4.79 Å². The number of benzene rings is 1. The second kappa shape index (κ2) is 6.30. The van der Waals surface area contributed by atoms with Crippen molar-refractivity contribution in [1.82, 2.24) is 0 Å². The van der Waals surface area contributed by atoms with E-state index in [0.717, 1.165) is 18.8 Å². The Labute approximate surface area is 122 Å². The number of anilines is 1. The van der Waals surface area contributed by atoms with Gasteiger partial charge in [0.05, 0.1) is 26.0 Å². The van der Waals surface area contributed by atoms with Crippen LogP contribution in [0.25, 0.3) is 0 Å². The summed E-state index contributed by atoms with van der Waals surface area (Å²) in [5.41, 5.74) is 6.78. The van der Waals surface area contributed by atoms with Gasteiger partial charge in [0.15, 0.2) is 0 Å². The minimum absolute atomic E-state index is 0.321. The minimum atomic E-state index is -1.17. The van der Waals surface area contributed by atoms with Gasteiger partial charge in [-0.05, 0) is 12.1 Å². The van der Waals surface area contributed by atoms with Crippen LogP contribution in [0.1, 0.15) is 11.6 Å². The van der Waals surface area contributed by atoms with Gasteiger partial charge in [0.25, 0.3) is 0 Å². The lowest BCUT2D eigenvalue weighted by Crippen LogP contribution is -2.36. The number of ether oxygens (including phenoxy) is 2. The predicted molar refractivity (Wildman–Crippen MR) is 75.6 cm³/mol. The van der Waals surface area contributed by atoms with Gasteiger partial charge in [0.1, 0.15) is 11.8 Å². The summed E-state index contributed by atoms with van der Waals surface area (Å²) in [6.45, 7) is 2.74. The second-order valence-corrected chi connectivity index (χ2v) is 4.87. The van der Waals surface area contributed by atoms with Crippen molar-refractivity contribution in [1.29, 1.82) is 0 Å². The number of morpholine rings is 1. The van der Waals surface area contributed by atoms with Crippen molar-refractivity contribution in [3.63, 3.8) is 0 Å². The average Bonchev–Trinajstić information content (AvgIpc) is 2.47. The number of hydrogen-bond donors (Lipinski definition) is 2. The van der Waals surface area contributed by atoms with Gasteiger partial charge in [-0.2, -0.15) is 0 Å². The lowest BCUT2D eigenvalue weighted by molar-refractivity contribution is -0.138. The average molecular weight is 301 g/mol. The van der Waals surface area contributed by atoms with Gasteiger partial charge in [0.2, 0.25) is 0 Å². The SMILES string of the molecule is COc1cc([C@H](N)C(=O)O)c(Cl)cc1N1CCOCC1. The fraction of sp³-hybridized carbons (Fsp3) is 0.462. The molecule has 0 spiro atoms. The Kier molecular flexibility index (Phi) is 4.69. The summed E-state index contributed by atoms with van der Waals surface area (Å²) in [6, 6.07) is 2.12. The Hall–Kier alpha value is -1.50. The van der Waals surface area contributed by atoms with Gasteiger partial charge < -0.3 is 25.2 Å². The van der Waals surface area contributed by atoms with E-state index in [1.165, 1.54) is 7.11 Å². The Morgan fingerprint density at radius 1 is 1.50 bits per heavy atom. The summed E-state index contributed by atoms with van der Waals surface area (Å²) in [4.78, 5) is 13.1. The maximum absolute atomic E-state index is 11.0. The number of hydrogen-bond acceptors (Lipinski definition) is 5. The smallest absolute Gasteiger partial charge is 0.325 e. The van der Waals surface area contributed by atoms with E-state index < -0.39 is 12.0 Å². The third-order valence-corrected chi connectivity index (χ3v) is 3.58. The van der Waals surface area contributed by atoms with Crippen molar-refractivity contribution in [2.75, 3.05) is 38.3 Å². The third-order valence-electron chi connectivity index (χ3n) is 3.25. The molecule has 1 fully saturated rings. The number of nitrogens with two attached hydrogens (primary N) is 1. The van der Waals surface area contributed by atoms with E-state index in [1.54, 1.807) is 12.1 Å². The molecule has 1 aromatic carbocycles. The maximum atomic E-state index is 11.0. The summed E-state index contributed by atoms with van der Waals surface area (Å²) < 4.78 is 10.6. The molecule has 0 aromatic heterocycles. The number of rotatable bonds is 4. The number of methoxy groups -OCH3 is 1. The monoisotopic (exact) mass is 300 g/mol. The van der Waals surface area contributed by atoms with E-state index in [-0.39, 0.29) is 0 Å². The molecule has 0 aliphatic carbocycles. The van der Waals surface area contributed by atoms with Crippen LogP contribution in [0, 0.1) is 0 Å². The number of aliphatic carboxylic acids is 1. The van der Waals surface area contributed by atoms with E-state index in [9.17, 15) is 4.79 Å². The van der Waals surface area contributed by atoms with Crippen molar-refractivity contribution in [3.8, 4) is 5.75 Å². The number of carboxylic acid groups (broad SMARTS) is 1. The van der Waals surface area contributed by atoms with Gasteiger partial charge in [-0.15, -0.1) is 0 Å². The van der Waals surface area contributed by atoms with E-state index in [2.05, 4.69) is 4.90 Å². The minimum Gasteiger partial charge on any atom is -0.495 e. The fourth-order valence-corrected chi connectivity index (χ4v) is 2.42. The maximum Gasteiger partial charge on any atom is 0.325 e. The summed E-state index contributed by atoms with van der Waals surface area (Å²) >= 11 is 6.16. The molecular weight excluding hydrogens is 284 g/mol. The molecule has 2 rings (SSSR count). The topological polar surface area (TPSA) is 85.0 Å². The molecular formula is C13H17ClN2O4. The lowest BCUT2D eigenvalue weighted by Gasteiger charge is -2.30. The molecule has 3 N–H and O–H groups in total. The lowest BCUT2D eigenvalue weighted by atomic mass is 10.1. The van der Waals surface area contributed by atoms with Crippen LogP contribution in [0.3, 0.4) is 0 Å². The molecule has 20 heavy (non-hydrogen) atoms. The molecule has 1 saturated heterocycles. The Morgan fingerprint density at radius 2 is 2.15 bits per heavy atom. The predicted octanol–water partition coefficient (Wildman–Crippen LogP) is 1.27. The van der Waals surface area contributed by atoms with Gasteiger partial charge in [-0.25, -0.2) is 0 Å². The van der Waals surface area contributed by atoms with Crippen molar-refractivity contribution >= 4 is 23.3 Å². The van der Waals surface area contributed by atoms with Crippen LogP contribution < -0.4 is 15.4 Å². The zero-order valence-electron chi connectivity index (χ0n) is 11.1. The molecule has 7 heteroatoms. The van der Waals surface area contributed by atoms with Crippen LogP contribution >= 0.6 is 11.6 Å². The Balaban J connectivity index is 2.39. The first-order valence-corrected chi connectivity index (χ1v) is 6.61. The molecule has 0 radical (unpaired) electrons. The highest BCUT2D eigenvalue weighted by Crippen LogP contribution is 2.36. The molecule has 1 aromatic rings. The van der Waals surface area contributed by atoms with Crippen LogP contribution in [0.4, 0.5) is 5.69 Å². The van der Waals surface area contributed by atoms with Crippen molar-refractivity contribution in [2.24, 2.45) is 5.73 Å². The van der Waals surface area contributed by atoms with Crippen molar-refractivity contribution in [3.05, 3.63) is 22.7 Å². The quantitative estimate of drug-likeness (QED) is 0.871. The molecule has 1 heterocycles. The van der Waals surface area contributed by atoms with Crippen LogP contribution in [-0.2, 0) is 9.53 Å². The molecule has 1 aliphatic heterocycles. The molecule has 0 bridgehead atoms. The Morgan fingerprint density at radius 3 is 2.70 bits per heavy atom. The highest BCUT2D eigenvalue weighted by molar-refractivity contribution is 6.32. The first-order valence-electron chi connectivity index (χ1n) is 6.23. The largest absolute Gasteiger partial charge is 0.495 e. The van der Waals surface area contributed by atoms with Crippen molar-refractivity contribution in [2.45, 2.75) is 6.04 Å². The standard InChI is InChI=1S/C13H17ClN2O4/c1-19-11-6-8(12(15)13(17)18)9(14)7-10(11)16-2-4-20-5-3-16/h6-7,12H,2-5,15H2,1H3,(H,17,18)/t12-/m0/s1. The number of carbonyl (C=O) groups is 1. The highest BCUT2D eigenvalue weighted by atomic mass is 35.5. The van der Waals surface area contributed by atoms with Crippen LogP contribution in [0.2, 0.25) is 5.02 Å². The molecule has 6 nitrogen and oxygen atoms in total. The fourth-order valence-electron chi connectivity index (χ4n) is 2.14. The van der Waals surface area contributed by atoms with Gasteiger partial charge in [-0.1, -0.05) is 11.6 Å². The first kappa shape index (κ1) is 14.9. The molecule has 110 valence electrons. The molecule has 0 saturated carbocycles. The van der Waals surface area contributed by atoms with Crippen molar-refractivity contribution < 1.29 is 19.4 Å². The van der Waals surface area contributed by atoms with Gasteiger partial charge in [0, 0.05) is 23.7 Å². The number of halogens is 1. The summed E-state index contributed by atoms with van der Waals surface area (Å²) in [6.07, 6.45) is 0.